The Hall–Kier alpha value is -1.59. The van der Waals surface area contributed by atoms with Crippen molar-refractivity contribution < 1.29 is 14.3 Å². The summed E-state index contributed by atoms with van der Waals surface area (Å²) in [4.78, 5) is 23.5. The van der Waals surface area contributed by atoms with E-state index < -0.39 is 0 Å². The normalized spacial score (nSPS) is 24.3. The SMILES string of the molecule is COC(=O)c1ccc(CCNC(=O)CC2CC3CCC(C2)N3)cc1.Cl. The number of amides is 1. The van der Waals surface area contributed by atoms with Gasteiger partial charge in [0.1, 0.15) is 0 Å². The van der Waals surface area contributed by atoms with Gasteiger partial charge in [-0.15, -0.1) is 12.4 Å². The van der Waals surface area contributed by atoms with Gasteiger partial charge in [-0.05, 0) is 55.7 Å². The van der Waals surface area contributed by atoms with Gasteiger partial charge >= 0.3 is 5.97 Å². The predicted octanol–water partition coefficient (Wildman–Crippen LogP) is 2.47. The second-order valence-corrected chi connectivity index (χ2v) is 6.97. The molecule has 138 valence electrons. The lowest BCUT2D eigenvalue weighted by Gasteiger charge is -2.28. The minimum Gasteiger partial charge on any atom is -0.465 e. The van der Waals surface area contributed by atoms with Crippen LogP contribution >= 0.6 is 12.4 Å². The smallest absolute Gasteiger partial charge is 0.337 e. The topological polar surface area (TPSA) is 67.4 Å². The first-order valence-electron chi connectivity index (χ1n) is 8.84. The summed E-state index contributed by atoms with van der Waals surface area (Å²) in [6.45, 7) is 0.633. The number of nitrogens with one attached hydrogen (secondary N) is 2. The molecule has 3 rings (SSSR count). The van der Waals surface area contributed by atoms with E-state index in [-0.39, 0.29) is 24.3 Å². The van der Waals surface area contributed by atoms with E-state index in [1.54, 1.807) is 12.1 Å². The van der Waals surface area contributed by atoms with Crippen molar-refractivity contribution in [2.75, 3.05) is 13.7 Å². The van der Waals surface area contributed by atoms with Crippen molar-refractivity contribution in [3.63, 3.8) is 0 Å². The van der Waals surface area contributed by atoms with Crippen LogP contribution in [-0.4, -0.2) is 37.6 Å². The van der Waals surface area contributed by atoms with Crippen molar-refractivity contribution in [3.05, 3.63) is 35.4 Å². The molecule has 2 N–H and O–H groups in total. The molecular formula is C19H27ClN2O3. The van der Waals surface area contributed by atoms with Crippen LogP contribution in [-0.2, 0) is 16.0 Å². The summed E-state index contributed by atoms with van der Waals surface area (Å²) < 4.78 is 4.68. The Balaban J connectivity index is 0.00000225. The maximum Gasteiger partial charge on any atom is 0.337 e. The molecule has 1 amide bonds. The van der Waals surface area contributed by atoms with E-state index in [1.165, 1.54) is 20.0 Å². The van der Waals surface area contributed by atoms with Gasteiger partial charge in [0.05, 0.1) is 12.7 Å². The molecule has 2 heterocycles. The molecule has 6 heteroatoms. The average molecular weight is 367 g/mol. The first-order valence-corrected chi connectivity index (χ1v) is 8.84. The van der Waals surface area contributed by atoms with Gasteiger partial charge in [-0.25, -0.2) is 4.79 Å². The van der Waals surface area contributed by atoms with Crippen LogP contribution in [0.3, 0.4) is 0 Å². The van der Waals surface area contributed by atoms with Crippen molar-refractivity contribution in [3.8, 4) is 0 Å². The Labute approximate surface area is 155 Å². The van der Waals surface area contributed by atoms with Crippen molar-refractivity contribution in [2.45, 2.75) is 50.6 Å². The number of carbonyl (C=O) groups excluding carboxylic acids is 2. The van der Waals surface area contributed by atoms with Gasteiger partial charge in [-0.2, -0.15) is 0 Å². The molecule has 0 aliphatic carbocycles. The van der Waals surface area contributed by atoms with E-state index in [0.717, 1.165) is 24.8 Å². The lowest BCUT2D eigenvalue weighted by molar-refractivity contribution is -0.122. The number of carbonyl (C=O) groups is 2. The monoisotopic (exact) mass is 366 g/mol. The number of fused-ring (bicyclic) bond motifs is 2. The minimum atomic E-state index is -0.328. The Morgan fingerprint density at radius 3 is 2.40 bits per heavy atom. The summed E-state index contributed by atoms with van der Waals surface area (Å²) >= 11 is 0. The fraction of sp³-hybridized carbons (Fsp3) is 0.579. The summed E-state index contributed by atoms with van der Waals surface area (Å²) in [6.07, 6.45) is 6.23. The zero-order valence-electron chi connectivity index (χ0n) is 14.6. The van der Waals surface area contributed by atoms with Crippen LogP contribution in [0, 0.1) is 5.92 Å². The molecule has 2 unspecified atom stereocenters. The summed E-state index contributed by atoms with van der Waals surface area (Å²) in [6, 6.07) is 8.60. The number of esters is 1. The predicted molar refractivity (Wildman–Crippen MR) is 99.0 cm³/mol. The summed E-state index contributed by atoms with van der Waals surface area (Å²) in [5, 5.41) is 6.64. The largest absolute Gasteiger partial charge is 0.465 e. The number of benzene rings is 1. The third kappa shape index (κ3) is 5.44. The second kappa shape index (κ2) is 9.20. The first-order chi connectivity index (χ1) is 11.6. The highest BCUT2D eigenvalue weighted by Gasteiger charge is 2.34. The number of halogens is 1. The molecule has 0 saturated carbocycles. The summed E-state index contributed by atoms with van der Waals surface area (Å²) in [5.74, 6) is 0.362. The Kier molecular flexibility index (Phi) is 7.26. The highest BCUT2D eigenvalue weighted by Crippen LogP contribution is 2.32. The average Bonchev–Trinajstić information content (AvgIpc) is 2.93. The number of rotatable bonds is 6. The van der Waals surface area contributed by atoms with E-state index in [4.69, 9.17) is 0 Å². The van der Waals surface area contributed by atoms with Gasteiger partial charge in [0.2, 0.25) is 5.91 Å². The van der Waals surface area contributed by atoms with E-state index >= 15 is 0 Å². The van der Waals surface area contributed by atoms with E-state index in [2.05, 4.69) is 15.4 Å². The molecule has 5 nitrogen and oxygen atoms in total. The van der Waals surface area contributed by atoms with Gasteiger partial charge in [0.25, 0.3) is 0 Å². The lowest BCUT2D eigenvalue weighted by Crippen LogP contribution is -2.39. The molecule has 2 atom stereocenters. The third-order valence-electron chi connectivity index (χ3n) is 5.16. The van der Waals surface area contributed by atoms with Crippen LogP contribution < -0.4 is 10.6 Å². The molecule has 25 heavy (non-hydrogen) atoms. The van der Waals surface area contributed by atoms with Gasteiger partial charge in [-0.1, -0.05) is 12.1 Å². The molecule has 2 fully saturated rings. The third-order valence-corrected chi connectivity index (χ3v) is 5.16. The fourth-order valence-electron chi connectivity index (χ4n) is 3.95. The van der Waals surface area contributed by atoms with Crippen molar-refractivity contribution in [2.24, 2.45) is 5.92 Å². The molecule has 2 aliphatic rings. The fourth-order valence-corrected chi connectivity index (χ4v) is 3.95. The second-order valence-electron chi connectivity index (χ2n) is 6.97. The highest BCUT2D eigenvalue weighted by molar-refractivity contribution is 5.89. The molecule has 2 saturated heterocycles. The number of ether oxygens (including phenoxy) is 1. The zero-order valence-corrected chi connectivity index (χ0v) is 15.4. The molecule has 1 aromatic rings. The maximum absolute atomic E-state index is 12.1. The van der Waals surface area contributed by atoms with Crippen molar-refractivity contribution >= 4 is 24.3 Å². The number of hydrogen-bond donors (Lipinski definition) is 2. The van der Waals surface area contributed by atoms with E-state index in [1.807, 2.05) is 12.1 Å². The molecular weight excluding hydrogens is 340 g/mol. The Morgan fingerprint density at radius 2 is 1.80 bits per heavy atom. The van der Waals surface area contributed by atoms with Crippen molar-refractivity contribution in [1.29, 1.82) is 0 Å². The summed E-state index contributed by atoms with van der Waals surface area (Å²) in [7, 11) is 1.37. The standard InChI is InChI=1S/C19H26N2O3.ClH/c1-24-19(23)15-4-2-13(3-5-15)8-9-20-18(22)12-14-10-16-6-7-17(11-14)21-16;/h2-5,14,16-17,21H,6-12H2,1H3,(H,20,22);1H. The van der Waals surface area contributed by atoms with Gasteiger partial charge in [0, 0.05) is 25.0 Å². The van der Waals surface area contributed by atoms with Crippen LogP contribution in [0.25, 0.3) is 0 Å². The number of hydrogen-bond acceptors (Lipinski definition) is 4. The minimum absolute atomic E-state index is 0. The van der Waals surface area contributed by atoms with Crippen molar-refractivity contribution in [1.82, 2.24) is 10.6 Å². The number of methoxy groups -OCH3 is 1. The molecule has 1 aromatic carbocycles. The maximum atomic E-state index is 12.1. The van der Waals surface area contributed by atoms with Gasteiger partial charge in [-0.3, -0.25) is 4.79 Å². The Morgan fingerprint density at radius 1 is 1.16 bits per heavy atom. The first kappa shape index (κ1) is 19.7. The summed E-state index contributed by atoms with van der Waals surface area (Å²) in [5.41, 5.74) is 1.65. The molecule has 2 aliphatic heterocycles. The quantitative estimate of drug-likeness (QED) is 0.759. The highest BCUT2D eigenvalue weighted by atomic mass is 35.5. The van der Waals surface area contributed by atoms with E-state index in [0.29, 0.717) is 36.5 Å². The number of piperidine rings is 1. The molecule has 0 aromatic heterocycles. The Bertz CT molecular complexity index is 579. The van der Waals surface area contributed by atoms with Crippen LogP contribution in [0.1, 0.15) is 48.0 Å². The molecule has 2 bridgehead atoms. The van der Waals surface area contributed by atoms with Crippen LogP contribution in [0.2, 0.25) is 0 Å². The van der Waals surface area contributed by atoms with E-state index in [9.17, 15) is 9.59 Å². The van der Waals surface area contributed by atoms with Crippen LogP contribution in [0.4, 0.5) is 0 Å². The van der Waals surface area contributed by atoms with Crippen LogP contribution in [0.15, 0.2) is 24.3 Å². The lowest BCUT2D eigenvalue weighted by atomic mass is 9.89. The van der Waals surface area contributed by atoms with Crippen LogP contribution in [0.5, 0.6) is 0 Å². The molecule has 0 spiro atoms. The molecule has 0 radical (unpaired) electrons. The van der Waals surface area contributed by atoms with Gasteiger partial charge < -0.3 is 15.4 Å². The zero-order chi connectivity index (χ0) is 16.9. The van der Waals surface area contributed by atoms with Gasteiger partial charge in [0.15, 0.2) is 0 Å².